The molecule has 0 spiro atoms. The van der Waals surface area contributed by atoms with Crippen molar-refractivity contribution in [3.63, 3.8) is 0 Å². The van der Waals surface area contributed by atoms with Gasteiger partial charge in [0.05, 0.1) is 42.3 Å². The summed E-state index contributed by atoms with van der Waals surface area (Å²) in [6.45, 7) is 5.29. The molecule has 1 aliphatic heterocycles. The van der Waals surface area contributed by atoms with E-state index in [2.05, 4.69) is 10.2 Å². The van der Waals surface area contributed by atoms with Crippen LogP contribution in [0.4, 0.5) is 18.9 Å². The number of anilines is 1. The first kappa shape index (κ1) is 22.9. The fourth-order valence-corrected chi connectivity index (χ4v) is 3.63. The van der Waals surface area contributed by atoms with Gasteiger partial charge >= 0.3 is 6.18 Å². The zero-order valence-corrected chi connectivity index (χ0v) is 17.8. The van der Waals surface area contributed by atoms with Crippen molar-refractivity contribution in [1.29, 1.82) is 0 Å². The van der Waals surface area contributed by atoms with Gasteiger partial charge in [-0.1, -0.05) is 11.6 Å². The number of alkyl halides is 3. The number of nitrogens with zero attached hydrogens (tertiary/aromatic N) is 2. The van der Waals surface area contributed by atoms with Crippen LogP contribution in [0.25, 0.3) is 0 Å². The molecule has 1 aliphatic rings. The smallest absolute Gasteiger partial charge is 0.416 e. The third-order valence-corrected chi connectivity index (χ3v) is 5.43. The lowest BCUT2D eigenvalue weighted by molar-refractivity contribution is -0.137. The quantitative estimate of drug-likeness (QED) is 0.593. The van der Waals surface area contributed by atoms with Gasteiger partial charge in [-0.25, -0.2) is 0 Å². The molecule has 3 rings (SSSR count). The molecule has 1 fully saturated rings. The van der Waals surface area contributed by atoms with Crippen molar-refractivity contribution in [2.75, 3.05) is 44.7 Å². The number of halogens is 4. The van der Waals surface area contributed by atoms with Gasteiger partial charge in [0.15, 0.2) is 5.11 Å². The maximum atomic E-state index is 12.9. The van der Waals surface area contributed by atoms with Crippen LogP contribution in [0.2, 0.25) is 5.02 Å². The highest BCUT2D eigenvalue weighted by molar-refractivity contribution is 7.80. The second-order valence-corrected chi connectivity index (χ2v) is 7.72. The Kier molecular flexibility index (Phi) is 7.99. The number of rotatable bonds is 7. The van der Waals surface area contributed by atoms with Gasteiger partial charge in [-0.05, 0) is 49.0 Å². The van der Waals surface area contributed by atoms with Crippen LogP contribution >= 0.6 is 23.8 Å². The minimum absolute atomic E-state index is 0.0431. The molecule has 164 valence electrons. The minimum Gasteiger partial charge on any atom is -0.467 e. The van der Waals surface area contributed by atoms with Crippen molar-refractivity contribution in [2.45, 2.75) is 19.1 Å². The van der Waals surface area contributed by atoms with E-state index in [1.54, 1.807) is 12.3 Å². The molecule has 0 saturated carbocycles. The largest absolute Gasteiger partial charge is 0.467 e. The number of morpholine rings is 1. The molecule has 0 amide bonds. The molecule has 0 unspecified atom stereocenters. The molecule has 2 heterocycles. The lowest BCUT2D eigenvalue weighted by atomic mass is 10.2. The second-order valence-electron chi connectivity index (χ2n) is 6.93. The summed E-state index contributed by atoms with van der Waals surface area (Å²) in [7, 11) is 0. The Labute approximate surface area is 183 Å². The number of furan rings is 1. The molecule has 0 atom stereocenters. The summed E-state index contributed by atoms with van der Waals surface area (Å²) in [5.41, 5.74) is -0.478. The highest BCUT2D eigenvalue weighted by Crippen LogP contribution is 2.33. The van der Waals surface area contributed by atoms with Gasteiger partial charge in [-0.2, -0.15) is 13.2 Å². The van der Waals surface area contributed by atoms with E-state index < -0.39 is 11.7 Å². The molecule has 1 aromatic carbocycles. The number of hydrogen-bond donors (Lipinski definition) is 1. The first-order chi connectivity index (χ1) is 14.3. The molecule has 0 radical (unpaired) electrons. The highest BCUT2D eigenvalue weighted by atomic mass is 35.5. The summed E-state index contributed by atoms with van der Waals surface area (Å²) in [5, 5.41) is 3.30. The Morgan fingerprint density at radius 3 is 2.63 bits per heavy atom. The molecule has 10 heteroatoms. The number of ether oxygens (including phenoxy) is 1. The number of hydrogen-bond acceptors (Lipinski definition) is 4. The molecule has 2 aromatic rings. The van der Waals surface area contributed by atoms with Crippen molar-refractivity contribution in [3.05, 3.63) is 52.9 Å². The molecule has 5 nitrogen and oxygen atoms in total. The van der Waals surface area contributed by atoms with Crippen molar-refractivity contribution in [1.82, 2.24) is 9.80 Å². The summed E-state index contributed by atoms with van der Waals surface area (Å²) in [6.07, 6.45) is -2.00. The maximum absolute atomic E-state index is 12.9. The van der Waals surface area contributed by atoms with E-state index in [0.29, 0.717) is 23.9 Å². The standard InChI is InChI=1S/C20H23ClF3N3O2S/c21-17-13-15(20(22,23)24)4-5-18(17)25-19(30)27(14-16-3-1-10-29-16)7-2-6-26-8-11-28-12-9-26/h1,3-5,10,13H,2,6-9,11-12,14H2,(H,25,30). The van der Waals surface area contributed by atoms with Crippen molar-refractivity contribution < 1.29 is 22.3 Å². The third-order valence-electron chi connectivity index (χ3n) is 4.76. The van der Waals surface area contributed by atoms with Crippen LogP contribution in [-0.4, -0.2) is 54.3 Å². The first-order valence-electron chi connectivity index (χ1n) is 9.58. The van der Waals surface area contributed by atoms with Crippen LogP contribution in [-0.2, 0) is 17.5 Å². The summed E-state index contributed by atoms with van der Waals surface area (Å²) in [6, 6.07) is 6.80. The third kappa shape index (κ3) is 6.60. The van der Waals surface area contributed by atoms with Gasteiger partial charge in [0.2, 0.25) is 0 Å². The van der Waals surface area contributed by atoms with E-state index in [1.165, 1.54) is 6.07 Å². The van der Waals surface area contributed by atoms with E-state index >= 15 is 0 Å². The monoisotopic (exact) mass is 461 g/mol. The normalized spacial score (nSPS) is 15.2. The minimum atomic E-state index is -4.45. The van der Waals surface area contributed by atoms with Crippen LogP contribution in [0.5, 0.6) is 0 Å². The lowest BCUT2D eigenvalue weighted by Gasteiger charge is -2.29. The van der Waals surface area contributed by atoms with Crippen LogP contribution in [0, 0.1) is 0 Å². The fraction of sp³-hybridized carbons (Fsp3) is 0.450. The first-order valence-corrected chi connectivity index (χ1v) is 10.4. The fourth-order valence-electron chi connectivity index (χ4n) is 3.14. The van der Waals surface area contributed by atoms with Crippen molar-refractivity contribution >= 4 is 34.6 Å². The van der Waals surface area contributed by atoms with E-state index in [-0.39, 0.29) is 5.02 Å². The summed E-state index contributed by atoms with van der Waals surface area (Å²) in [5.74, 6) is 0.740. The Morgan fingerprint density at radius 2 is 2.00 bits per heavy atom. The van der Waals surface area contributed by atoms with Crippen LogP contribution in [0.15, 0.2) is 41.0 Å². The average Bonchev–Trinajstić information content (AvgIpc) is 3.22. The molecule has 0 aliphatic carbocycles. The van der Waals surface area contributed by atoms with Crippen LogP contribution in [0.3, 0.4) is 0 Å². The Balaban J connectivity index is 1.63. The van der Waals surface area contributed by atoms with Gasteiger partial charge in [-0.15, -0.1) is 0 Å². The van der Waals surface area contributed by atoms with Crippen LogP contribution < -0.4 is 5.32 Å². The van der Waals surface area contributed by atoms with E-state index in [9.17, 15) is 13.2 Å². The average molecular weight is 462 g/mol. The van der Waals surface area contributed by atoms with Gasteiger partial charge in [0, 0.05) is 26.2 Å². The van der Waals surface area contributed by atoms with Gasteiger partial charge in [0.25, 0.3) is 0 Å². The van der Waals surface area contributed by atoms with E-state index in [4.69, 9.17) is 33.0 Å². The zero-order chi connectivity index (χ0) is 21.6. The van der Waals surface area contributed by atoms with Gasteiger partial charge in [-0.3, -0.25) is 4.90 Å². The number of benzene rings is 1. The Hall–Kier alpha value is -1.81. The lowest BCUT2D eigenvalue weighted by Crippen LogP contribution is -2.40. The Bertz CT molecular complexity index is 827. The molecule has 1 aromatic heterocycles. The number of nitrogens with one attached hydrogen (secondary N) is 1. The number of thiocarbonyl (C=S) groups is 1. The zero-order valence-electron chi connectivity index (χ0n) is 16.3. The maximum Gasteiger partial charge on any atom is 0.416 e. The van der Waals surface area contributed by atoms with Crippen molar-refractivity contribution in [3.8, 4) is 0 Å². The van der Waals surface area contributed by atoms with E-state index in [1.807, 2.05) is 11.0 Å². The van der Waals surface area contributed by atoms with Crippen molar-refractivity contribution in [2.24, 2.45) is 0 Å². The summed E-state index contributed by atoms with van der Waals surface area (Å²) in [4.78, 5) is 4.25. The predicted octanol–water partition coefficient (Wildman–Crippen LogP) is 4.87. The predicted molar refractivity (Wildman–Crippen MR) is 114 cm³/mol. The molecular formula is C20H23ClF3N3O2S. The van der Waals surface area contributed by atoms with Gasteiger partial charge < -0.3 is 19.4 Å². The summed E-state index contributed by atoms with van der Waals surface area (Å²) < 4.78 is 49.4. The highest BCUT2D eigenvalue weighted by Gasteiger charge is 2.31. The molecule has 30 heavy (non-hydrogen) atoms. The summed E-state index contributed by atoms with van der Waals surface area (Å²) >= 11 is 11.6. The second kappa shape index (κ2) is 10.5. The molecule has 0 bridgehead atoms. The Morgan fingerprint density at radius 1 is 1.23 bits per heavy atom. The SMILES string of the molecule is FC(F)(F)c1ccc(NC(=S)N(CCCN2CCOCC2)Cc2ccco2)c(Cl)c1. The topological polar surface area (TPSA) is 40.9 Å². The van der Waals surface area contributed by atoms with Crippen LogP contribution in [0.1, 0.15) is 17.7 Å². The molecular weight excluding hydrogens is 439 g/mol. The van der Waals surface area contributed by atoms with Gasteiger partial charge in [0.1, 0.15) is 5.76 Å². The molecule has 1 saturated heterocycles. The van der Waals surface area contributed by atoms with E-state index in [0.717, 1.165) is 57.2 Å². The molecule has 1 N–H and O–H groups in total.